The number of nitrogens with zero attached hydrogens (tertiary/aromatic N) is 4. The molecule has 118 valence electrons. The van der Waals surface area contributed by atoms with Gasteiger partial charge in [-0.1, -0.05) is 11.8 Å². The first-order chi connectivity index (χ1) is 11.2. The Hall–Kier alpha value is -2.61. The number of methoxy groups -OCH3 is 2. The molecule has 0 fully saturated rings. The summed E-state index contributed by atoms with van der Waals surface area (Å²) in [5, 5.41) is 4.88. The van der Waals surface area contributed by atoms with Crippen LogP contribution in [0.2, 0.25) is 0 Å². The van der Waals surface area contributed by atoms with E-state index in [0.29, 0.717) is 10.9 Å². The van der Waals surface area contributed by atoms with Gasteiger partial charge in [-0.25, -0.2) is 4.98 Å². The highest BCUT2D eigenvalue weighted by atomic mass is 32.2. The Morgan fingerprint density at radius 1 is 1.22 bits per heavy atom. The van der Waals surface area contributed by atoms with Crippen LogP contribution in [0.3, 0.4) is 0 Å². The van der Waals surface area contributed by atoms with Gasteiger partial charge in [0.1, 0.15) is 5.75 Å². The summed E-state index contributed by atoms with van der Waals surface area (Å²) in [6, 6.07) is 9.50. The zero-order valence-electron chi connectivity index (χ0n) is 12.6. The minimum absolute atomic E-state index is 0.158. The minimum atomic E-state index is -0.322. The molecule has 0 bridgehead atoms. The Labute approximate surface area is 136 Å². The van der Waals surface area contributed by atoms with E-state index in [4.69, 9.17) is 4.74 Å². The van der Waals surface area contributed by atoms with Gasteiger partial charge in [-0.3, -0.25) is 4.79 Å². The second-order valence-corrected chi connectivity index (χ2v) is 5.47. The highest BCUT2D eigenvalue weighted by molar-refractivity contribution is 7.99. The third-order valence-corrected chi connectivity index (χ3v) is 3.96. The van der Waals surface area contributed by atoms with E-state index in [2.05, 4.69) is 19.8 Å². The molecular weight excluding hydrogens is 316 g/mol. The molecule has 1 aromatic carbocycles. The lowest BCUT2D eigenvalue weighted by atomic mass is 10.1. The molecule has 0 unspecified atom stereocenters. The molecule has 0 aliphatic carbocycles. The van der Waals surface area contributed by atoms with Gasteiger partial charge in [-0.2, -0.15) is 9.50 Å². The largest absolute Gasteiger partial charge is 0.497 e. The van der Waals surface area contributed by atoms with Crippen molar-refractivity contribution in [3.63, 3.8) is 0 Å². The van der Waals surface area contributed by atoms with Gasteiger partial charge in [-0.05, 0) is 30.3 Å². The molecule has 3 aromatic rings. The molecule has 0 spiro atoms. The fourth-order valence-electron chi connectivity index (χ4n) is 2.00. The third kappa shape index (κ3) is 3.26. The number of esters is 1. The van der Waals surface area contributed by atoms with Crippen LogP contribution in [0, 0.1) is 0 Å². The predicted octanol–water partition coefficient (Wildman–Crippen LogP) is 2.06. The highest BCUT2D eigenvalue weighted by Crippen LogP contribution is 2.23. The molecule has 23 heavy (non-hydrogen) atoms. The molecule has 0 atom stereocenters. The fourth-order valence-corrected chi connectivity index (χ4v) is 2.65. The molecule has 2 aromatic heterocycles. The maximum absolute atomic E-state index is 11.2. The number of carbonyl (C=O) groups excluding carboxylic acids is 1. The summed E-state index contributed by atoms with van der Waals surface area (Å²) in [6.45, 7) is 0. The van der Waals surface area contributed by atoms with Gasteiger partial charge < -0.3 is 9.47 Å². The first-order valence-corrected chi connectivity index (χ1v) is 7.75. The van der Waals surface area contributed by atoms with Crippen LogP contribution in [-0.4, -0.2) is 45.5 Å². The number of ether oxygens (including phenoxy) is 2. The molecule has 0 saturated heterocycles. The summed E-state index contributed by atoms with van der Waals surface area (Å²) in [5.41, 5.74) is 1.82. The van der Waals surface area contributed by atoms with E-state index in [1.807, 2.05) is 30.3 Å². The van der Waals surface area contributed by atoms with E-state index in [9.17, 15) is 4.79 Å². The fraction of sp³-hybridized carbons (Fsp3) is 0.200. The normalized spacial score (nSPS) is 10.7. The molecule has 2 heterocycles. The van der Waals surface area contributed by atoms with Crippen molar-refractivity contribution in [3.05, 3.63) is 36.5 Å². The van der Waals surface area contributed by atoms with Gasteiger partial charge in [0.05, 0.1) is 25.7 Å². The lowest BCUT2D eigenvalue weighted by molar-refractivity contribution is -0.137. The second kappa shape index (κ2) is 6.66. The van der Waals surface area contributed by atoms with E-state index < -0.39 is 0 Å². The zero-order valence-corrected chi connectivity index (χ0v) is 13.4. The quantitative estimate of drug-likeness (QED) is 0.523. The van der Waals surface area contributed by atoms with Crippen LogP contribution >= 0.6 is 11.8 Å². The van der Waals surface area contributed by atoms with Gasteiger partial charge in [0.25, 0.3) is 5.78 Å². The van der Waals surface area contributed by atoms with Crippen molar-refractivity contribution in [1.82, 2.24) is 19.6 Å². The van der Waals surface area contributed by atoms with E-state index >= 15 is 0 Å². The molecule has 7 nitrogen and oxygen atoms in total. The van der Waals surface area contributed by atoms with Crippen LogP contribution in [0.4, 0.5) is 0 Å². The maximum Gasteiger partial charge on any atom is 0.316 e. The first kappa shape index (κ1) is 15.3. The van der Waals surface area contributed by atoms with Crippen LogP contribution in [-0.2, 0) is 9.53 Å². The number of benzene rings is 1. The number of rotatable bonds is 5. The number of carbonyl (C=O) groups is 1. The monoisotopic (exact) mass is 330 g/mol. The smallest absolute Gasteiger partial charge is 0.316 e. The molecule has 0 aliphatic rings. The second-order valence-electron chi connectivity index (χ2n) is 4.53. The average Bonchev–Trinajstić information content (AvgIpc) is 3.02. The van der Waals surface area contributed by atoms with E-state index in [1.165, 1.54) is 18.9 Å². The number of aromatic nitrogens is 4. The topological polar surface area (TPSA) is 78.6 Å². The van der Waals surface area contributed by atoms with Crippen LogP contribution < -0.4 is 4.74 Å². The molecular formula is C15H14N4O3S. The summed E-state index contributed by atoms with van der Waals surface area (Å²) in [4.78, 5) is 19.7. The molecule has 0 saturated carbocycles. The number of thioether (sulfide) groups is 1. The maximum atomic E-state index is 11.2. The van der Waals surface area contributed by atoms with Crippen molar-refractivity contribution < 1.29 is 14.3 Å². The van der Waals surface area contributed by atoms with Crippen molar-refractivity contribution in [2.75, 3.05) is 20.0 Å². The SMILES string of the molecule is COC(=O)CSc1nc2nccc(-c3ccc(OC)cc3)n2n1. The van der Waals surface area contributed by atoms with Gasteiger partial charge >= 0.3 is 5.97 Å². The van der Waals surface area contributed by atoms with Gasteiger partial charge in [-0.15, -0.1) is 5.10 Å². The van der Waals surface area contributed by atoms with Crippen molar-refractivity contribution in [3.8, 4) is 17.0 Å². The van der Waals surface area contributed by atoms with Gasteiger partial charge in [0.15, 0.2) is 0 Å². The van der Waals surface area contributed by atoms with Gasteiger partial charge in [0.2, 0.25) is 5.16 Å². The van der Waals surface area contributed by atoms with Crippen LogP contribution in [0.15, 0.2) is 41.7 Å². The zero-order chi connectivity index (χ0) is 16.2. The summed E-state index contributed by atoms with van der Waals surface area (Å²) < 4.78 is 11.4. The summed E-state index contributed by atoms with van der Waals surface area (Å²) in [6.07, 6.45) is 1.68. The minimum Gasteiger partial charge on any atom is -0.497 e. The first-order valence-electron chi connectivity index (χ1n) is 6.77. The molecule has 0 aliphatic heterocycles. The summed E-state index contributed by atoms with van der Waals surface area (Å²) >= 11 is 1.21. The van der Waals surface area contributed by atoms with E-state index in [0.717, 1.165) is 17.0 Å². The Kier molecular flexibility index (Phi) is 4.42. The van der Waals surface area contributed by atoms with Crippen molar-refractivity contribution >= 4 is 23.5 Å². The molecule has 8 heteroatoms. The van der Waals surface area contributed by atoms with E-state index in [1.54, 1.807) is 17.8 Å². The van der Waals surface area contributed by atoms with Crippen LogP contribution in [0.1, 0.15) is 0 Å². The summed E-state index contributed by atoms with van der Waals surface area (Å²) in [7, 11) is 2.98. The Morgan fingerprint density at radius 2 is 2.00 bits per heavy atom. The van der Waals surface area contributed by atoms with Crippen LogP contribution in [0.5, 0.6) is 5.75 Å². The average molecular weight is 330 g/mol. The van der Waals surface area contributed by atoms with Crippen LogP contribution in [0.25, 0.3) is 17.0 Å². The lowest BCUT2D eigenvalue weighted by Gasteiger charge is -2.04. The lowest BCUT2D eigenvalue weighted by Crippen LogP contribution is -2.03. The van der Waals surface area contributed by atoms with Crippen molar-refractivity contribution in [1.29, 1.82) is 0 Å². The molecule has 0 radical (unpaired) electrons. The Bertz CT molecular complexity index is 832. The molecule has 0 N–H and O–H groups in total. The third-order valence-electron chi connectivity index (χ3n) is 3.15. The van der Waals surface area contributed by atoms with Crippen molar-refractivity contribution in [2.45, 2.75) is 5.16 Å². The number of hydrogen-bond donors (Lipinski definition) is 0. The summed E-state index contributed by atoms with van der Waals surface area (Å²) in [5.74, 6) is 1.10. The standard InChI is InChI=1S/C15H14N4O3S/c1-21-11-5-3-10(4-6-11)12-7-8-16-14-17-15(18-19(12)14)23-9-13(20)22-2/h3-8H,9H2,1-2H3. The number of hydrogen-bond acceptors (Lipinski definition) is 7. The molecule has 3 rings (SSSR count). The Balaban J connectivity index is 1.94. The number of fused-ring (bicyclic) bond motifs is 1. The van der Waals surface area contributed by atoms with Gasteiger partial charge in [0, 0.05) is 11.8 Å². The Morgan fingerprint density at radius 3 is 2.70 bits per heavy atom. The predicted molar refractivity (Wildman–Crippen MR) is 85.5 cm³/mol. The van der Waals surface area contributed by atoms with E-state index in [-0.39, 0.29) is 11.7 Å². The highest BCUT2D eigenvalue weighted by Gasteiger charge is 2.12. The van der Waals surface area contributed by atoms with Crippen molar-refractivity contribution in [2.24, 2.45) is 0 Å². The molecule has 0 amide bonds.